The molecule has 20 heavy (non-hydrogen) atoms. The third-order valence-electron chi connectivity index (χ3n) is 3.03. The zero-order valence-corrected chi connectivity index (χ0v) is 11.9. The molecule has 114 valence electrons. The summed E-state index contributed by atoms with van der Waals surface area (Å²) in [5.41, 5.74) is 0.632. The predicted octanol–water partition coefficient (Wildman–Crippen LogP) is 4.13. The van der Waals surface area contributed by atoms with Gasteiger partial charge in [-0.1, -0.05) is 6.92 Å². The van der Waals surface area contributed by atoms with Crippen LogP contribution in [0.5, 0.6) is 5.75 Å². The molecule has 1 N–H and O–H groups in total. The van der Waals surface area contributed by atoms with Crippen molar-refractivity contribution in [2.45, 2.75) is 46.0 Å². The molecule has 0 bridgehead atoms. The monoisotopic (exact) mass is 293 g/mol. The van der Waals surface area contributed by atoms with E-state index in [4.69, 9.17) is 4.74 Å². The van der Waals surface area contributed by atoms with Gasteiger partial charge in [-0.2, -0.15) is 13.2 Å². The second kappa shape index (κ2) is 6.43. The van der Waals surface area contributed by atoms with E-state index < -0.39 is 18.1 Å². The van der Waals surface area contributed by atoms with Gasteiger partial charge in [0.1, 0.15) is 11.6 Å². The number of hydrogen-bond donors (Lipinski definition) is 1. The van der Waals surface area contributed by atoms with E-state index in [2.05, 4.69) is 5.32 Å². The van der Waals surface area contributed by atoms with Crippen molar-refractivity contribution >= 4 is 0 Å². The average molecular weight is 293 g/mol. The summed E-state index contributed by atoms with van der Waals surface area (Å²) in [6.45, 7) is 6.64. The van der Waals surface area contributed by atoms with Crippen LogP contribution in [0.2, 0.25) is 0 Å². The van der Waals surface area contributed by atoms with E-state index in [-0.39, 0.29) is 17.4 Å². The van der Waals surface area contributed by atoms with Gasteiger partial charge >= 0.3 is 6.18 Å². The van der Waals surface area contributed by atoms with Crippen LogP contribution in [0.3, 0.4) is 0 Å². The number of alkyl halides is 3. The predicted molar refractivity (Wildman–Crippen MR) is 69.4 cm³/mol. The summed E-state index contributed by atoms with van der Waals surface area (Å²) in [5, 5.41) is 3.03. The minimum atomic E-state index is -4.46. The van der Waals surface area contributed by atoms with E-state index in [0.717, 1.165) is 6.92 Å². The Morgan fingerprint density at radius 3 is 2.35 bits per heavy atom. The minimum absolute atomic E-state index is 0.0576. The fourth-order valence-corrected chi connectivity index (χ4v) is 1.78. The van der Waals surface area contributed by atoms with Crippen LogP contribution in [0, 0.1) is 12.7 Å². The highest BCUT2D eigenvalue weighted by molar-refractivity contribution is 5.40. The molecule has 0 radical (unpaired) electrons. The molecule has 0 heterocycles. The molecule has 0 aliphatic carbocycles. The Labute approximate surface area is 116 Å². The number of rotatable bonds is 5. The number of benzene rings is 1. The normalized spacial score (nSPS) is 15.0. The average Bonchev–Trinajstić information content (AvgIpc) is 2.32. The minimum Gasteiger partial charge on any atom is -0.481 e. The summed E-state index contributed by atoms with van der Waals surface area (Å²) in [6.07, 6.45) is -6.40. The highest BCUT2D eigenvalue weighted by Crippen LogP contribution is 2.32. The van der Waals surface area contributed by atoms with E-state index in [1.54, 1.807) is 6.92 Å². The Bertz CT molecular complexity index is 459. The van der Waals surface area contributed by atoms with E-state index in [0.29, 0.717) is 12.1 Å². The smallest absolute Gasteiger partial charge is 0.425 e. The summed E-state index contributed by atoms with van der Waals surface area (Å²) in [7, 11) is 0. The molecule has 0 saturated carbocycles. The summed E-state index contributed by atoms with van der Waals surface area (Å²) < 4.78 is 56.3. The third-order valence-corrected chi connectivity index (χ3v) is 3.03. The van der Waals surface area contributed by atoms with Gasteiger partial charge in [0, 0.05) is 11.6 Å². The molecule has 2 atom stereocenters. The SMILES string of the molecule is CCNC(C)c1cc(F)c(C)cc1OC(C)C(F)(F)F. The van der Waals surface area contributed by atoms with Crippen LogP contribution < -0.4 is 10.1 Å². The largest absolute Gasteiger partial charge is 0.481 e. The maximum absolute atomic E-state index is 13.6. The van der Waals surface area contributed by atoms with Crippen LogP contribution in [-0.4, -0.2) is 18.8 Å². The lowest BCUT2D eigenvalue weighted by Crippen LogP contribution is -2.32. The van der Waals surface area contributed by atoms with Crippen LogP contribution in [0.1, 0.15) is 37.9 Å². The summed E-state index contributed by atoms with van der Waals surface area (Å²) in [6, 6.07) is 2.23. The van der Waals surface area contributed by atoms with Gasteiger partial charge in [0.25, 0.3) is 0 Å². The van der Waals surface area contributed by atoms with Crippen LogP contribution in [-0.2, 0) is 0 Å². The van der Waals surface area contributed by atoms with Crippen LogP contribution in [0.15, 0.2) is 12.1 Å². The van der Waals surface area contributed by atoms with Crippen molar-refractivity contribution in [3.63, 3.8) is 0 Å². The quantitative estimate of drug-likeness (QED) is 0.824. The Balaban J connectivity index is 3.13. The third kappa shape index (κ3) is 4.10. The molecule has 6 heteroatoms. The zero-order chi connectivity index (χ0) is 15.5. The first kappa shape index (κ1) is 16.8. The molecule has 2 unspecified atom stereocenters. The molecule has 0 fully saturated rings. The number of hydrogen-bond acceptors (Lipinski definition) is 2. The first-order valence-corrected chi connectivity index (χ1v) is 6.43. The number of nitrogens with one attached hydrogen (secondary N) is 1. The van der Waals surface area contributed by atoms with Crippen molar-refractivity contribution in [3.05, 3.63) is 29.1 Å². The maximum Gasteiger partial charge on any atom is 0.425 e. The lowest BCUT2D eigenvalue weighted by Gasteiger charge is -2.23. The fourth-order valence-electron chi connectivity index (χ4n) is 1.78. The molecule has 1 aromatic carbocycles. The van der Waals surface area contributed by atoms with Crippen molar-refractivity contribution in [1.82, 2.24) is 5.32 Å². The summed E-state index contributed by atoms with van der Waals surface area (Å²) >= 11 is 0. The molecule has 0 amide bonds. The second-order valence-electron chi connectivity index (χ2n) is 4.72. The Morgan fingerprint density at radius 2 is 1.85 bits per heavy atom. The Hall–Kier alpha value is -1.30. The van der Waals surface area contributed by atoms with Crippen LogP contribution >= 0.6 is 0 Å². The molecule has 2 nitrogen and oxygen atoms in total. The molecular weight excluding hydrogens is 274 g/mol. The highest BCUT2D eigenvalue weighted by Gasteiger charge is 2.38. The highest BCUT2D eigenvalue weighted by atomic mass is 19.4. The summed E-state index contributed by atoms with van der Waals surface area (Å²) in [5.74, 6) is -0.404. The van der Waals surface area contributed by atoms with Crippen molar-refractivity contribution < 1.29 is 22.3 Å². The van der Waals surface area contributed by atoms with Gasteiger partial charge in [-0.05, 0) is 45.0 Å². The molecule has 1 aromatic rings. The van der Waals surface area contributed by atoms with Gasteiger partial charge in [-0.3, -0.25) is 0 Å². The number of halogens is 4. The van der Waals surface area contributed by atoms with Gasteiger partial charge in [-0.25, -0.2) is 4.39 Å². The zero-order valence-electron chi connectivity index (χ0n) is 11.9. The topological polar surface area (TPSA) is 21.3 Å². The lowest BCUT2D eigenvalue weighted by atomic mass is 10.0. The van der Waals surface area contributed by atoms with Gasteiger partial charge in [0.15, 0.2) is 6.10 Å². The molecule has 0 saturated heterocycles. The maximum atomic E-state index is 13.6. The number of ether oxygens (including phenoxy) is 1. The standard InChI is InChI=1S/C14H19F4NO/c1-5-19-9(3)11-7-12(15)8(2)6-13(11)20-10(4)14(16,17)18/h6-7,9-10,19H,5H2,1-4H3. The fraction of sp³-hybridized carbons (Fsp3) is 0.571. The van der Waals surface area contributed by atoms with Gasteiger partial charge < -0.3 is 10.1 Å². The molecule has 0 aromatic heterocycles. The van der Waals surface area contributed by atoms with E-state index >= 15 is 0 Å². The van der Waals surface area contributed by atoms with Crippen LogP contribution in [0.4, 0.5) is 17.6 Å². The summed E-state index contributed by atoms with van der Waals surface area (Å²) in [4.78, 5) is 0. The van der Waals surface area contributed by atoms with Crippen molar-refractivity contribution in [2.75, 3.05) is 6.54 Å². The van der Waals surface area contributed by atoms with Crippen molar-refractivity contribution in [3.8, 4) is 5.75 Å². The molecular formula is C14H19F4NO. The first-order valence-electron chi connectivity index (χ1n) is 6.43. The van der Waals surface area contributed by atoms with E-state index in [1.165, 1.54) is 19.1 Å². The van der Waals surface area contributed by atoms with E-state index in [1.807, 2.05) is 6.92 Å². The lowest BCUT2D eigenvalue weighted by molar-refractivity contribution is -0.189. The number of aryl methyl sites for hydroxylation is 1. The Morgan fingerprint density at radius 1 is 1.25 bits per heavy atom. The molecule has 1 rings (SSSR count). The van der Waals surface area contributed by atoms with Gasteiger partial charge in [-0.15, -0.1) is 0 Å². The van der Waals surface area contributed by atoms with Crippen molar-refractivity contribution in [2.24, 2.45) is 0 Å². The molecule has 0 spiro atoms. The van der Waals surface area contributed by atoms with Gasteiger partial charge in [0.05, 0.1) is 0 Å². The molecule has 0 aliphatic heterocycles. The van der Waals surface area contributed by atoms with Crippen molar-refractivity contribution in [1.29, 1.82) is 0 Å². The first-order chi connectivity index (χ1) is 9.16. The van der Waals surface area contributed by atoms with Gasteiger partial charge in [0.2, 0.25) is 0 Å². The second-order valence-corrected chi connectivity index (χ2v) is 4.72. The van der Waals surface area contributed by atoms with Crippen LogP contribution in [0.25, 0.3) is 0 Å². The molecule has 0 aliphatic rings. The van der Waals surface area contributed by atoms with E-state index in [9.17, 15) is 17.6 Å². The Kier molecular flexibility index (Phi) is 5.39.